The number of anilines is 2. The van der Waals surface area contributed by atoms with Gasteiger partial charge in [0.15, 0.2) is 5.82 Å². The van der Waals surface area contributed by atoms with Crippen LogP contribution in [0.25, 0.3) is 0 Å². The van der Waals surface area contributed by atoms with Gasteiger partial charge in [-0.1, -0.05) is 17.8 Å². The number of hydrogen-bond acceptors (Lipinski definition) is 6. The average molecular weight is 354 g/mol. The number of nitrogens with one attached hydrogen (secondary N) is 1. The number of hydrogen-bond donors (Lipinski definition) is 2. The molecule has 2 fully saturated rings. The van der Waals surface area contributed by atoms with E-state index >= 15 is 0 Å². The minimum Gasteiger partial charge on any atom is -0.396 e. The minimum absolute atomic E-state index is 0.342. The quantitative estimate of drug-likeness (QED) is 0.750. The molecule has 2 atom stereocenters. The lowest BCUT2D eigenvalue weighted by Gasteiger charge is -2.31. The van der Waals surface area contributed by atoms with Crippen molar-refractivity contribution in [3.8, 4) is 0 Å². The number of aliphatic hydroxyl groups is 1. The molecular formula is C19H22N4OS. The summed E-state index contributed by atoms with van der Waals surface area (Å²) >= 11 is 1.68. The summed E-state index contributed by atoms with van der Waals surface area (Å²) in [4.78, 5) is 12.5. The number of likely N-dealkylation sites (tertiary alicyclic amines) is 1. The van der Waals surface area contributed by atoms with Crippen LogP contribution in [0.2, 0.25) is 0 Å². The highest BCUT2D eigenvalue weighted by atomic mass is 32.2. The first-order valence-electron chi connectivity index (χ1n) is 8.98. The zero-order valence-corrected chi connectivity index (χ0v) is 14.9. The molecule has 2 N–H and O–H groups in total. The maximum atomic E-state index is 9.26. The number of piperidine rings is 1. The lowest BCUT2D eigenvalue weighted by molar-refractivity contribution is 0.145. The first-order valence-corrected chi connectivity index (χ1v) is 9.79. The molecular weight excluding hydrogens is 332 g/mol. The standard InChI is InChI=1S/C19H22N4OS/c24-8-4-19-3-7-23(12-14(19)10-19)11-13-1-2-16-15(9-13)22-17-18(25-16)21-6-5-20-17/h1-2,5-6,9,14,24H,3-4,7-8,10-12H2,(H,20,22). The summed E-state index contributed by atoms with van der Waals surface area (Å²) in [6.07, 6.45) is 7.00. The van der Waals surface area contributed by atoms with Gasteiger partial charge in [0.25, 0.3) is 0 Å². The second-order valence-corrected chi connectivity index (χ2v) is 8.52. The van der Waals surface area contributed by atoms with E-state index in [0.29, 0.717) is 12.0 Å². The maximum Gasteiger partial charge on any atom is 0.163 e. The molecule has 0 bridgehead atoms. The Labute approximate surface area is 151 Å². The van der Waals surface area contributed by atoms with Gasteiger partial charge in [-0.15, -0.1) is 0 Å². The van der Waals surface area contributed by atoms with Crippen LogP contribution in [-0.2, 0) is 6.54 Å². The van der Waals surface area contributed by atoms with Crippen molar-refractivity contribution in [1.29, 1.82) is 0 Å². The Hall–Kier alpha value is -1.63. The van der Waals surface area contributed by atoms with Gasteiger partial charge in [-0.2, -0.15) is 0 Å². The van der Waals surface area contributed by atoms with E-state index in [1.807, 2.05) is 0 Å². The van der Waals surface area contributed by atoms with Crippen LogP contribution in [-0.4, -0.2) is 39.7 Å². The van der Waals surface area contributed by atoms with Crippen LogP contribution >= 0.6 is 11.8 Å². The molecule has 5 nitrogen and oxygen atoms in total. The number of benzene rings is 1. The molecule has 5 rings (SSSR count). The van der Waals surface area contributed by atoms with E-state index in [-0.39, 0.29) is 0 Å². The monoisotopic (exact) mass is 354 g/mol. The average Bonchev–Trinajstić information content (AvgIpc) is 3.33. The molecule has 6 heteroatoms. The van der Waals surface area contributed by atoms with Crippen molar-refractivity contribution in [1.82, 2.24) is 14.9 Å². The fourth-order valence-corrected chi connectivity index (χ4v) is 5.29. The van der Waals surface area contributed by atoms with E-state index in [9.17, 15) is 5.11 Å². The smallest absolute Gasteiger partial charge is 0.163 e. The first-order chi connectivity index (χ1) is 12.3. The molecule has 2 aliphatic heterocycles. The fraction of sp³-hybridized carbons (Fsp3) is 0.474. The van der Waals surface area contributed by atoms with Crippen LogP contribution in [0, 0.1) is 11.3 Å². The van der Waals surface area contributed by atoms with E-state index in [2.05, 4.69) is 38.4 Å². The van der Waals surface area contributed by atoms with Gasteiger partial charge in [-0.05, 0) is 54.8 Å². The number of aromatic nitrogens is 2. The molecule has 0 amide bonds. The summed E-state index contributed by atoms with van der Waals surface area (Å²) in [5.74, 6) is 1.64. The minimum atomic E-state index is 0.342. The van der Waals surface area contributed by atoms with Crippen LogP contribution in [0.1, 0.15) is 24.8 Å². The molecule has 1 saturated heterocycles. The van der Waals surface area contributed by atoms with E-state index < -0.39 is 0 Å². The first kappa shape index (κ1) is 15.6. The van der Waals surface area contributed by atoms with Gasteiger partial charge in [0.1, 0.15) is 5.03 Å². The Morgan fingerprint density at radius 3 is 3.12 bits per heavy atom. The zero-order chi connectivity index (χ0) is 16.9. The van der Waals surface area contributed by atoms with Crippen LogP contribution in [0.4, 0.5) is 11.5 Å². The van der Waals surface area contributed by atoms with Gasteiger partial charge in [0, 0.05) is 37.0 Å². The van der Waals surface area contributed by atoms with Crippen LogP contribution in [0.15, 0.2) is 40.5 Å². The highest BCUT2D eigenvalue weighted by Crippen LogP contribution is 2.60. The Kier molecular flexibility index (Phi) is 3.73. The number of nitrogens with zero attached hydrogens (tertiary/aromatic N) is 3. The van der Waals surface area contributed by atoms with Crippen molar-refractivity contribution in [3.63, 3.8) is 0 Å². The molecule has 3 aliphatic rings. The summed E-state index contributed by atoms with van der Waals surface area (Å²) in [5.41, 5.74) is 2.95. The molecule has 1 saturated carbocycles. The Morgan fingerprint density at radius 1 is 1.32 bits per heavy atom. The maximum absolute atomic E-state index is 9.26. The molecule has 25 heavy (non-hydrogen) atoms. The van der Waals surface area contributed by atoms with Crippen LogP contribution < -0.4 is 5.32 Å². The molecule has 1 aromatic heterocycles. The van der Waals surface area contributed by atoms with Gasteiger partial charge in [-0.3, -0.25) is 4.90 Å². The Morgan fingerprint density at radius 2 is 2.24 bits per heavy atom. The number of rotatable bonds is 4. The summed E-state index contributed by atoms with van der Waals surface area (Å²) < 4.78 is 0. The normalized spacial score (nSPS) is 27.0. The Balaban J connectivity index is 1.28. The van der Waals surface area contributed by atoms with Crippen molar-refractivity contribution in [2.75, 3.05) is 25.0 Å². The highest BCUT2D eigenvalue weighted by Gasteiger charge is 2.55. The second kappa shape index (κ2) is 5.97. The number of aliphatic hydroxyl groups excluding tert-OH is 1. The van der Waals surface area contributed by atoms with E-state index in [0.717, 1.165) is 42.0 Å². The van der Waals surface area contributed by atoms with Crippen LogP contribution in [0.5, 0.6) is 0 Å². The fourth-order valence-electron chi connectivity index (χ4n) is 4.42. The molecule has 1 aliphatic carbocycles. The molecule has 3 heterocycles. The SMILES string of the molecule is OCCC12CCN(Cc3ccc4c(c3)Nc3nccnc3S4)CC1C2. The molecule has 0 spiro atoms. The van der Waals surface area contributed by atoms with Gasteiger partial charge in [0.05, 0.1) is 5.69 Å². The predicted molar refractivity (Wildman–Crippen MR) is 98.0 cm³/mol. The van der Waals surface area contributed by atoms with E-state index in [1.54, 1.807) is 24.2 Å². The molecule has 1 aromatic carbocycles. The second-order valence-electron chi connectivity index (χ2n) is 7.49. The molecule has 0 radical (unpaired) electrons. The third-order valence-corrected chi connectivity index (χ3v) is 7.02. The topological polar surface area (TPSA) is 61.3 Å². The molecule has 130 valence electrons. The van der Waals surface area contributed by atoms with Crippen molar-refractivity contribution < 1.29 is 5.11 Å². The summed E-state index contributed by atoms with van der Waals surface area (Å²) in [5, 5.41) is 13.6. The van der Waals surface area contributed by atoms with Crippen molar-refractivity contribution in [3.05, 3.63) is 36.2 Å². The largest absolute Gasteiger partial charge is 0.396 e. The lowest BCUT2D eigenvalue weighted by atomic mass is 9.92. The van der Waals surface area contributed by atoms with Gasteiger partial charge in [-0.25, -0.2) is 9.97 Å². The Bertz CT molecular complexity index is 814. The van der Waals surface area contributed by atoms with E-state index in [4.69, 9.17) is 0 Å². The van der Waals surface area contributed by atoms with Gasteiger partial charge >= 0.3 is 0 Å². The van der Waals surface area contributed by atoms with Crippen molar-refractivity contribution >= 4 is 23.3 Å². The third-order valence-electron chi connectivity index (χ3n) is 5.95. The van der Waals surface area contributed by atoms with Gasteiger partial charge < -0.3 is 10.4 Å². The van der Waals surface area contributed by atoms with Crippen molar-refractivity contribution in [2.24, 2.45) is 11.3 Å². The lowest BCUT2D eigenvalue weighted by Crippen LogP contribution is -2.34. The zero-order valence-electron chi connectivity index (χ0n) is 14.1. The summed E-state index contributed by atoms with van der Waals surface area (Å²) in [6, 6.07) is 6.68. The van der Waals surface area contributed by atoms with Gasteiger partial charge in [0.2, 0.25) is 0 Å². The third kappa shape index (κ3) is 2.82. The summed E-state index contributed by atoms with van der Waals surface area (Å²) in [6.45, 7) is 3.66. The number of fused-ring (bicyclic) bond motifs is 3. The summed E-state index contributed by atoms with van der Waals surface area (Å²) in [7, 11) is 0. The molecule has 2 aromatic rings. The van der Waals surface area contributed by atoms with Crippen LogP contribution in [0.3, 0.4) is 0 Å². The highest BCUT2D eigenvalue weighted by molar-refractivity contribution is 7.99. The predicted octanol–water partition coefficient (Wildman–Crippen LogP) is 3.28. The molecule has 2 unspecified atom stereocenters. The van der Waals surface area contributed by atoms with E-state index in [1.165, 1.54) is 29.8 Å². The van der Waals surface area contributed by atoms with Crippen molar-refractivity contribution in [2.45, 2.75) is 35.7 Å².